The van der Waals surface area contributed by atoms with Crippen molar-refractivity contribution in [3.63, 3.8) is 0 Å². The van der Waals surface area contributed by atoms with E-state index in [1.54, 1.807) is 0 Å². The lowest BCUT2D eigenvalue weighted by Gasteiger charge is -2.42. The number of fused-ring (bicyclic) bond motifs is 5. The lowest BCUT2D eigenvalue weighted by molar-refractivity contribution is 0.631. The SMILES string of the molecule is CC1(C)c2ccccc2N(c2ccc3cc(N4c5ccccc5C(C)(C)c5ccccc54)ccc3c2)c2ccccc21. The van der Waals surface area contributed by atoms with E-state index in [4.69, 9.17) is 0 Å². The minimum Gasteiger partial charge on any atom is -0.310 e. The van der Waals surface area contributed by atoms with E-state index in [9.17, 15) is 0 Å². The third kappa shape index (κ3) is 3.45. The van der Waals surface area contributed by atoms with Gasteiger partial charge in [-0.05, 0) is 81.6 Å². The Morgan fingerprint density at radius 3 is 0.952 bits per heavy atom. The molecule has 0 radical (unpaired) electrons. The molecule has 0 atom stereocenters. The topological polar surface area (TPSA) is 6.48 Å². The van der Waals surface area contributed by atoms with Crippen LogP contribution in [0.1, 0.15) is 49.9 Å². The Kier molecular flexibility index (Phi) is 5.25. The molecule has 0 saturated carbocycles. The molecule has 0 fully saturated rings. The van der Waals surface area contributed by atoms with Crippen molar-refractivity contribution in [3.8, 4) is 0 Å². The average molecular weight is 543 g/mol. The highest BCUT2D eigenvalue weighted by atomic mass is 15.2. The Morgan fingerprint density at radius 1 is 0.357 bits per heavy atom. The summed E-state index contributed by atoms with van der Waals surface area (Å²) in [6.45, 7) is 9.34. The zero-order valence-electron chi connectivity index (χ0n) is 24.6. The Bertz CT molecular complexity index is 1770. The van der Waals surface area contributed by atoms with Gasteiger partial charge in [-0.2, -0.15) is 0 Å². The second-order valence-electron chi connectivity index (χ2n) is 12.7. The largest absolute Gasteiger partial charge is 0.310 e. The van der Waals surface area contributed by atoms with Crippen molar-refractivity contribution < 1.29 is 0 Å². The zero-order chi connectivity index (χ0) is 28.6. The van der Waals surface area contributed by atoms with E-state index < -0.39 is 0 Å². The van der Waals surface area contributed by atoms with Crippen LogP contribution in [0, 0.1) is 0 Å². The summed E-state index contributed by atoms with van der Waals surface area (Å²) >= 11 is 0. The number of hydrogen-bond donors (Lipinski definition) is 0. The van der Waals surface area contributed by atoms with Crippen LogP contribution in [0.25, 0.3) is 10.8 Å². The molecule has 0 unspecified atom stereocenters. The minimum atomic E-state index is -0.0645. The monoisotopic (exact) mass is 542 g/mol. The van der Waals surface area contributed by atoms with Crippen molar-refractivity contribution in [3.05, 3.63) is 156 Å². The molecule has 2 aliphatic rings. The molecule has 8 rings (SSSR count). The van der Waals surface area contributed by atoms with Gasteiger partial charge in [-0.25, -0.2) is 0 Å². The number of nitrogens with zero attached hydrogens (tertiary/aromatic N) is 2. The van der Waals surface area contributed by atoms with Gasteiger partial charge >= 0.3 is 0 Å². The highest BCUT2D eigenvalue weighted by molar-refractivity contribution is 5.95. The molecule has 2 nitrogen and oxygen atoms in total. The van der Waals surface area contributed by atoms with Gasteiger partial charge in [-0.3, -0.25) is 0 Å². The molecule has 204 valence electrons. The van der Waals surface area contributed by atoms with Crippen LogP contribution in [0.5, 0.6) is 0 Å². The van der Waals surface area contributed by atoms with Crippen LogP contribution in [0.4, 0.5) is 34.1 Å². The number of benzene rings is 6. The van der Waals surface area contributed by atoms with Gasteiger partial charge in [-0.1, -0.05) is 113 Å². The van der Waals surface area contributed by atoms with E-state index in [2.05, 4.69) is 171 Å². The average Bonchev–Trinajstić information content (AvgIpc) is 3.01. The molecule has 6 aromatic carbocycles. The predicted octanol–water partition coefficient (Wildman–Crippen LogP) is 11.1. The summed E-state index contributed by atoms with van der Waals surface area (Å²) in [5, 5.41) is 2.46. The van der Waals surface area contributed by atoms with E-state index in [1.165, 1.54) is 67.2 Å². The molecule has 2 heterocycles. The van der Waals surface area contributed by atoms with Gasteiger partial charge in [0.05, 0.1) is 22.7 Å². The summed E-state index contributed by atoms with van der Waals surface area (Å²) in [6.07, 6.45) is 0. The van der Waals surface area contributed by atoms with Crippen LogP contribution in [-0.2, 0) is 10.8 Å². The first-order valence-electron chi connectivity index (χ1n) is 14.9. The van der Waals surface area contributed by atoms with Crippen molar-refractivity contribution in [2.45, 2.75) is 38.5 Å². The minimum absolute atomic E-state index is 0.0645. The van der Waals surface area contributed by atoms with Crippen LogP contribution < -0.4 is 9.80 Å². The van der Waals surface area contributed by atoms with Crippen LogP contribution in [0.2, 0.25) is 0 Å². The molecule has 0 aromatic heterocycles. The van der Waals surface area contributed by atoms with E-state index in [0.29, 0.717) is 0 Å². The lowest BCUT2D eigenvalue weighted by atomic mass is 9.73. The van der Waals surface area contributed by atoms with Gasteiger partial charge in [0.15, 0.2) is 0 Å². The molecular weight excluding hydrogens is 508 g/mol. The van der Waals surface area contributed by atoms with E-state index >= 15 is 0 Å². The Balaban J connectivity index is 1.27. The molecule has 6 aromatic rings. The summed E-state index contributed by atoms with van der Waals surface area (Å²) in [6, 6.07) is 49.2. The fraction of sp³-hybridized carbons (Fsp3) is 0.150. The normalized spacial score (nSPS) is 15.9. The van der Waals surface area contributed by atoms with Crippen LogP contribution in [0.3, 0.4) is 0 Å². The smallest absolute Gasteiger partial charge is 0.0502 e. The summed E-state index contributed by atoms with van der Waals surface area (Å²) in [5.74, 6) is 0. The molecule has 2 heteroatoms. The second kappa shape index (κ2) is 8.84. The van der Waals surface area contributed by atoms with Crippen molar-refractivity contribution >= 4 is 44.9 Å². The third-order valence-electron chi connectivity index (χ3n) is 9.60. The molecule has 42 heavy (non-hydrogen) atoms. The van der Waals surface area contributed by atoms with Gasteiger partial charge in [0.2, 0.25) is 0 Å². The molecule has 2 aliphatic heterocycles. The molecule has 0 saturated heterocycles. The molecule has 0 N–H and O–H groups in total. The van der Waals surface area contributed by atoms with Gasteiger partial charge in [0.1, 0.15) is 0 Å². The van der Waals surface area contributed by atoms with Crippen molar-refractivity contribution in [2.75, 3.05) is 9.80 Å². The summed E-state index contributed by atoms with van der Waals surface area (Å²) in [7, 11) is 0. The van der Waals surface area contributed by atoms with Crippen LogP contribution >= 0.6 is 0 Å². The zero-order valence-corrected chi connectivity index (χ0v) is 24.6. The number of anilines is 6. The van der Waals surface area contributed by atoms with Crippen LogP contribution in [0.15, 0.2) is 133 Å². The number of rotatable bonds is 2. The fourth-order valence-electron chi connectivity index (χ4n) is 7.39. The van der Waals surface area contributed by atoms with Gasteiger partial charge < -0.3 is 9.80 Å². The summed E-state index contributed by atoms with van der Waals surface area (Å²) in [4.78, 5) is 4.87. The first-order valence-corrected chi connectivity index (χ1v) is 14.9. The highest BCUT2D eigenvalue weighted by Crippen LogP contribution is 2.53. The fourth-order valence-corrected chi connectivity index (χ4v) is 7.39. The molecule has 0 spiro atoms. The first kappa shape index (κ1) is 24.9. The number of hydrogen-bond acceptors (Lipinski definition) is 2. The second-order valence-corrected chi connectivity index (χ2v) is 12.7. The quantitative estimate of drug-likeness (QED) is 0.215. The maximum Gasteiger partial charge on any atom is 0.0502 e. The lowest BCUT2D eigenvalue weighted by Crippen LogP contribution is -2.30. The van der Waals surface area contributed by atoms with Gasteiger partial charge in [-0.15, -0.1) is 0 Å². The first-order chi connectivity index (χ1) is 20.4. The standard InChI is InChI=1S/C40H34N2/c1-39(2)31-13-5-9-17-35(31)41(36-18-10-6-14-32(36)39)29-23-21-28-26-30(24-22-27(28)25-29)42-37-19-11-7-15-33(37)40(3,4)34-16-8-12-20-38(34)42/h5-26H,1-4H3. The molecule has 0 aliphatic carbocycles. The van der Waals surface area contributed by atoms with E-state index in [0.717, 1.165) is 0 Å². The van der Waals surface area contributed by atoms with Crippen molar-refractivity contribution in [1.82, 2.24) is 0 Å². The van der Waals surface area contributed by atoms with E-state index in [-0.39, 0.29) is 10.8 Å². The highest BCUT2D eigenvalue weighted by Gasteiger charge is 2.37. The van der Waals surface area contributed by atoms with Crippen molar-refractivity contribution in [2.24, 2.45) is 0 Å². The maximum absolute atomic E-state index is 2.43. The van der Waals surface area contributed by atoms with Gasteiger partial charge in [0.25, 0.3) is 0 Å². The van der Waals surface area contributed by atoms with Crippen molar-refractivity contribution in [1.29, 1.82) is 0 Å². The Hall–Kier alpha value is -4.82. The molecule has 0 amide bonds. The molecular formula is C40H34N2. The summed E-state index contributed by atoms with van der Waals surface area (Å²) in [5.41, 5.74) is 12.6. The third-order valence-corrected chi connectivity index (χ3v) is 9.60. The van der Waals surface area contributed by atoms with E-state index in [1.807, 2.05) is 0 Å². The van der Waals surface area contributed by atoms with Gasteiger partial charge in [0, 0.05) is 22.2 Å². The Morgan fingerprint density at radius 2 is 0.643 bits per heavy atom. The molecule has 0 bridgehead atoms. The maximum atomic E-state index is 2.43. The van der Waals surface area contributed by atoms with Crippen LogP contribution in [-0.4, -0.2) is 0 Å². The predicted molar refractivity (Wildman–Crippen MR) is 178 cm³/mol. The number of para-hydroxylation sites is 4. The summed E-state index contributed by atoms with van der Waals surface area (Å²) < 4.78 is 0. The Labute approximate surface area is 248 Å².